The number of benzene rings is 1. The normalized spacial score (nSPS) is 42.0. The van der Waals surface area contributed by atoms with Crippen molar-refractivity contribution in [2.45, 2.75) is 109 Å². The summed E-state index contributed by atoms with van der Waals surface area (Å²) >= 11 is 0. The molecule has 0 heterocycles. The Kier molecular flexibility index (Phi) is 8.51. The molecule has 4 fully saturated rings. The van der Waals surface area contributed by atoms with E-state index in [9.17, 15) is 25.2 Å². The molecule has 0 aliphatic heterocycles. The fraction of sp³-hybridized carbons (Fsp3) is 0.788. The molecule has 1 amide bonds. The molecule has 4 aliphatic rings. The van der Waals surface area contributed by atoms with E-state index < -0.39 is 12.1 Å². The molecule has 0 unspecified atom stereocenters. The van der Waals surface area contributed by atoms with Crippen LogP contribution >= 0.6 is 0 Å². The summed E-state index contributed by atoms with van der Waals surface area (Å²) in [5.74, 6) is 2.84. The van der Waals surface area contributed by atoms with Crippen LogP contribution in [0.1, 0.15) is 96.6 Å². The molecule has 1 aromatic rings. The van der Waals surface area contributed by atoms with Gasteiger partial charge in [-0.25, -0.2) is 0 Å². The maximum atomic E-state index is 12.9. The zero-order chi connectivity index (χ0) is 27.9. The van der Waals surface area contributed by atoms with Gasteiger partial charge in [0.25, 0.3) is 0 Å². The Balaban J connectivity index is 1.21. The second-order valence-electron chi connectivity index (χ2n) is 14.1. The summed E-state index contributed by atoms with van der Waals surface area (Å²) in [4.78, 5) is 12.9. The predicted molar refractivity (Wildman–Crippen MR) is 151 cm³/mol. The van der Waals surface area contributed by atoms with E-state index in [2.05, 4.69) is 26.1 Å². The third-order valence-corrected chi connectivity index (χ3v) is 12.4. The first-order chi connectivity index (χ1) is 18.6. The van der Waals surface area contributed by atoms with Crippen molar-refractivity contribution in [2.75, 3.05) is 6.61 Å². The molecule has 6 heteroatoms. The highest BCUT2D eigenvalue weighted by Gasteiger charge is 2.63. The van der Waals surface area contributed by atoms with Gasteiger partial charge >= 0.3 is 0 Å². The van der Waals surface area contributed by atoms with Gasteiger partial charge in [0.1, 0.15) is 6.10 Å². The Labute approximate surface area is 234 Å². The molecule has 12 atom stereocenters. The van der Waals surface area contributed by atoms with Gasteiger partial charge in [-0.15, -0.1) is 0 Å². The lowest BCUT2D eigenvalue weighted by molar-refractivity contribution is -0.175. The number of hydrogen-bond donors (Lipinski definition) is 5. The highest BCUT2D eigenvalue weighted by Crippen LogP contribution is 2.68. The molecule has 0 spiro atoms. The summed E-state index contributed by atoms with van der Waals surface area (Å²) in [6, 6.07) is 8.39. The van der Waals surface area contributed by atoms with E-state index in [1.807, 2.05) is 18.2 Å². The molecule has 0 saturated heterocycles. The highest BCUT2D eigenvalue weighted by atomic mass is 16.3. The Morgan fingerprint density at radius 1 is 1.03 bits per heavy atom. The summed E-state index contributed by atoms with van der Waals surface area (Å²) in [5, 5.41) is 45.4. The van der Waals surface area contributed by atoms with Crippen molar-refractivity contribution in [1.29, 1.82) is 0 Å². The van der Waals surface area contributed by atoms with Gasteiger partial charge in [-0.3, -0.25) is 4.79 Å². The van der Waals surface area contributed by atoms with E-state index in [0.29, 0.717) is 47.5 Å². The average molecular weight is 542 g/mol. The number of aliphatic hydroxyl groups excluding tert-OH is 4. The minimum atomic E-state index is -0.957. The van der Waals surface area contributed by atoms with Gasteiger partial charge in [0.05, 0.1) is 24.9 Å². The van der Waals surface area contributed by atoms with Crippen LogP contribution in [0.25, 0.3) is 0 Å². The molecule has 0 radical (unpaired) electrons. The third kappa shape index (κ3) is 5.20. The van der Waals surface area contributed by atoms with Crippen LogP contribution in [-0.2, 0) is 4.79 Å². The monoisotopic (exact) mass is 541 g/mol. The first kappa shape index (κ1) is 29.0. The lowest BCUT2D eigenvalue weighted by Gasteiger charge is -2.62. The van der Waals surface area contributed by atoms with Crippen LogP contribution in [0.4, 0.5) is 0 Å². The van der Waals surface area contributed by atoms with Gasteiger partial charge < -0.3 is 25.7 Å². The third-order valence-electron chi connectivity index (χ3n) is 12.4. The van der Waals surface area contributed by atoms with E-state index in [1.165, 1.54) is 12.8 Å². The second-order valence-corrected chi connectivity index (χ2v) is 14.1. The molecule has 1 aromatic carbocycles. The number of hydrogen-bond acceptors (Lipinski definition) is 5. The van der Waals surface area contributed by atoms with Crippen LogP contribution < -0.4 is 5.32 Å². The Bertz CT molecular complexity index is 988. The maximum Gasteiger partial charge on any atom is 0.220 e. The molecule has 6 nitrogen and oxygen atoms in total. The van der Waals surface area contributed by atoms with E-state index in [1.54, 1.807) is 12.1 Å². The molecule has 218 valence electrons. The molecule has 0 bridgehead atoms. The quantitative estimate of drug-likeness (QED) is 0.330. The van der Waals surface area contributed by atoms with E-state index >= 15 is 0 Å². The zero-order valence-electron chi connectivity index (χ0n) is 24.1. The largest absolute Gasteiger partial charge is 0.394 e. The molecule has 39 heavy (non-hydrogen) atoms. The summed E-state index contributed by atoms with van der Waals surface area (Å²) in [6.07, 6.45) is 8.13. The Morgan fingerprint density at radius 2 is 1.77 bits per heavy atom. The van der Waals surface area contributed by atoms with Crippen molar-refractivity contribution in [2.24, 2.45) is 46.3 Å². The van der Waals surface area contributed by atoms with Crippen LogP contribution in [0.2, 0.25) is 0 Å². The minimum absolute atomic E-state index is 0.119. The fourth-order valence-electron chi connectivity index (χ4n) is 10.1. The van der Waals surface area contributed by atoms with Gasteiger partial charge in [0, 0.05) is 6.42 Å². The summed E-state index contributed by atoms with van der Waals surface area (Å²) in [5.41, 5.74) is 0.790. The van der Waals surface area contributed by atoms with E-state index in [4.69, 9.17) is 0 Å². The average Bonchev–Trinajstić information content (AvgIpc) is 3.30. The zero-order valence-corrected chi connectivity index (χ0v) is 24.1. The Morgan fingerprint density at radius 3 is 2.49 bits per heavy atom. The second kappa shape index (κ2) is 11.4. The van der Waals surface area contributed by atoms with Gasteiger partial charge in [0.2, 0.25) is 5.91 Å². The van der Waals surface area contributed by atoms with Crippen molar-refractivity contribution in [3.05, 3.63) is 35.9 Å². The van der Waals surface area contributed by atoms with Gasteiger partial charge in [-0.1, -0.05) is 51.1 Å². The van der Waals surface area contributed by atoms with Gasteiger partial charge in [-0.05, 0) is 110 Å². The minimum Gasteiger partial charge on any atom is -0.394 e. The standard InChI is InChI=1S/C33H51NO5/c1-20(9-14-30(38)34-28(19-35)31(39)21-7-5-4-6-8-21)25-12-13-26-24-11-10-22-17-23(36)15-16-32(22,2)27(24)18-29(37)33(25,26)3/h4-8,20,22-29,31,35-37,39H,9-19H2,1-3H3,(H,34,38)/t20-,22-,23-,24+,25-,26+,27+,28-,29+,31-,32+,33-/m1/s1. The number of amides is 1. The van der Waals surface area contributed by atoms with Crippen LogP contribution in [-0.4, -0.2) is 51.2 Å². The van der Waals surface area contributed by atoms with Crippen molar-refractivity contribution in [3.8, 4) is 0 Å². The smallest absolute Gasteiger partial charge is 0.220 e. The van der Waals surface area contributed by atoms with Crippen LogP contribution in [0.5, 0.6) is 0 Å². The Hall–Kier alpha value is -1.47. The van der Waals surface area contributed by atoms with Gasteiger partial charge in [-0.2, -0.15) is 0 Å². The van der Waals surface area contributed by atoms with Crippen molar-refractivity contribution < 1.29 is 25.2 Å². The highest BCUT2D eigenvalue weighted by molar-refractivity contribution is 5.76. The number of carbonyl (C=O) groups excluding carboxylic acids is 1. The predicted octanol–water partition coefficient (Wildman–Crippen LogP) is 4.60. The van der Waals surface area contributed by atoms with E-state index in [0.717, 1.165) is 44.9 Å². The lowest BCUT2D eigenvalue weighted by atomic mass is 9.43. The molecule has 5 N–H and O–H groups in total. The number of fused-ring (bicyclic) bond motifs is 5. The first-order valence-corrected chi connectivity index (χ1v) is 15.6. The fourth-order valence-corrected chi connectivity index (χ4v) is 10.1. The van der Waals surface area contributed by atoms with Gasteiger partial charge in [0.15, 0.2) is 0 Å². The van der Waals surface area contributed by atoms with E-state index in [-0.39, 0.29) is 35.6 Å². The number of carbonyl (C=O) groups is 1. The van der Waals surface area contributed by atoms with Crippen molar-refractivity contribution in [1.82, 2.24) is 5.32 Å². The topological polar surface area (TPSA) is 110 Å². The summed E-state index contributed by atoms with van der Waals surface area (Å²) in [7, 11) is 0. The summed E-state index contributed by atoms with van der Waals surface area (Å²) < 4.78 is 0. The van der Waals surface area contributed by atoms with Crippen LogP contribution in [0.15, 0.2) is 30.3 Å². The van der Waals surface area contributed by atoms with Crippen LogP contribution in [0.3, 0.4) is 0 Å². The number of aliphatic hydroxyl groups is 4. The summed E-state index contributed by atoms with van der Waals surface area (Å²) in [6.45, 7) is 6.71. The SMILES string of the molecule is C[C@H](CCC(=O)N[C@H](CO)[C@H](O)c1ccccc1)[C@H]1CC[C@H]2[C@@H]3CC[C@@H]4C[C@H](O)CC[C@]4(C)[C@H]3C[C@H](O)[C@]12C. The lowest BCUT2D eigenvalue weighted by Crippen LogP contribution is -2.58. The molecular weight excluding hydrogens is 490 g/mol. The number of rotatable bonds is 8. The molecule has 4 aliphatic carbocycles. The number of nitrogens with one attached hydrogen (secondary N) is 1. The maximum absolute atomic E-state index is 12.9. The van der Waals surface area contributed by atoms with Crippen molar-refractivity contribution >= 4 is 5.91 Å². The molecule has 0 aromatic heterocycles. The van der Waals surface area contributed by atoms with Crippen molar-refractivity contribution in [3.63, 3.8) is 0 Å². The molecular formula is C33H51NO5. The molecule has 5 rings (SSSR count). The molecule has 4 saturated carbocycles. The van der Waals surface area contributed by atoms with Crippen LogP contribution in [0, 0.1) is 46.3 Å². The first-order valence-electron chi connectivity index (χ1n) is 15.6.